The van der Waals surface area contributed by atoms with E-state index in [0.717, 1.165) is 0 Å². The fourth-order valence-corrected chi connectivity index (χ4v) is 1.09. The third-order valence-electron chi connectivity index (χ3n) is 1.71. The maximum Gasteiger partial charge on any atom is 0.573 e. The van der Waals surface area contributed by atoms with Crippen LogP contribution in [0.15, 0.2) is 6.20 Å². The Bertz CT molecular complexity index is 433. The van der Waals surface area contributed by atoms with Crippen LogP contribution in [0.3, 0.4) is 0 Å². The van der Waals surface area contributed by atoms with E-state index in [1.165, 1.54) is 0 Å². The van der Waals surface area contributed by atoms with Gasteiger partial charge in [-0.3, -0.25) is 4.79 Å². The van der Waals surface area contributed by atoms with Gasteiger partial charge in [-0.05, 0) is 0 Å². The smallest absolute Gasteiger partial charge is 0.404 e. The van der Waals surface area contributed by atoms with E-state index < -0.39 is 35.5 Å². The lowest BCUT2D eigenvalue weighted by molar-refractivity contribution is -0.275. The van der Waals surface area contributed by atoms with E-state index in [-0.39, 0.29) is 6.29 Å². The van der Waals surface area contributed by atoms with Crippen LogP contribution < -0.4 is 10.5 Å². The monoisotopic (exact) mass is 256 g/mol. The number of hydrogen-bond acceptors (Lipinski definition) is 4. The van der Waals surface area contributed by atoms with E-state index in [2.05, 4.69) is 9.72 Å². The molecule has 0 spiro atoms. The number of carbonyl (C=O) groups excluding carboxylic acids is 1. The highest BCUT2D eigenvalue weighted by Crippen LogP contribution is 2.35. The minimum Gasteiger partial charge on any atom is -0.404 e. The normalized spacial score (nSPS) is 11.6. The summed E-state index contributed by atoms with van der Waals surface area (Å²) in [6.45, 7) is 0. The number of rotatable bonds is 3. The molecule has 0 atom stereocenters. The van der Waals surface area contributed by atoms with Crippen molar-refractivity contribution in [3.8, 4) is 5.75 Å². The van der Waals surface area contributed by atoms with Crippen molar-refractivity contribution in [3.05, 3.63) is 17.3 Å². The summed E-state index contributed by atoms with van der Waals surface area (Å²) >= 11 is 0. The molecule has 4 nitrogen and oxygen atoms in total. The van der Waals surface area contributed by atoms with Gasteiger partial charge in [0.15, 0.2) is 12.0 Å². The molecule has 0 radical (unpaired) electrons. The van der Waals surface area contributed by atoms with Gasteiger partial charge in [-0.2, -0.15) is 0 Å². The fourth-order valence-electron chi connectivity index (χ4n) is 1.09. The second-order valence-corrected chi connectivity index (χ2v) is 2.80. The first-order valence-corrected chi connectivity index (χ1v) is 4.03. The van der Waals surface area contributed by atoms with Crippen LogP contribution in [0, 0.1) is 0 Å². The van der Waals surface area contributed by atoms with Crippen molar-refractivity contribution < 1.29 is 31.5 Å². The molecule has 1 heterocycles. The largest absolute Gasteiger partial charge is 0.573 e. The van der Waals surface area contributed by atoms with Gasteiger partial charge in [-0.1, -0.05) is 0 Å². The van der Waals surface area contributed by atoms with Crippen molar-refractivity contribution in [2.45, 2.75) is 12.8 Å². The molecule has 0 aliphatic heterocycles. The summed E-state index contributed by atoms with van der Waals surface area (Å²) in [5, 5.41) is 0. The number of anilines is 1. The molecule has 0 fully saturated rings. The first kappa shape index (κ1) is 13.1. The average molecular weight is 256 g/mol. The second-order valence-electron chi connectivity index (χ2n) is 2.80. The number of alkyl halides is 5. The fraction of sp³-hybridized carbons (Fsp3) is 0.250. The van der Waals surface area contributed by atoms with Crippen LogP contribution in [0.5, 0.6) is 5.75 Å². The van der Waals surface area contributed by atoms with Crippen molar-refractivity contribution >= 4 is 12.1 Å². The van der Waals surface area contributed by atoms with Crippen molar-refractivity contribution in [2.24, 2.45) is 0 Å². The maximum atomic E-state index is 12.5. The molecule has 1 aromatic rings. The molecule has 2 N–H and O–H groups in total. The lowest BCUT2D eigenvalue weighted by Crippen LogP contribution is -2.19. The van der Waals surface area contributed by atoms with Gasteiger partial charge in [0.2, 0.25) is 0 Å². The van der Waals surface area contributed by atoms with Crippen molar-refractivity contribution in [1.82, 2.24) is 4.98 Å². The van der Waals surface area contributed by atoms with Crippen LogP contribution in [-0.2, 0) is 0 Å². The summed E-state index contributed by atoms with van der Waals surface area (Å²) < 4.78 is 64.1. The van der Waals surface area contributed by atoms with Crippen LogP contribution >= 0.6 is 0 Å². The minimum atomic E-state index is -5.17. The van der Waals surface area contributed by atoms with Gasteiger partial charge in [0, 0.05) is 0 Å². The summed E-state index contributed by atoms with van der Waals surface area (Å²) in [5.41, 5.74) is 3.04. The van der Waals surface area contributed by atoms with E-state index in [1.807, 2.05) is 0 Å². The molecule has 9 heteroatoms. The molecule has 1 aromatic heterocycles. The summed E-state index contributed by atoms with van der Waals surface area (Å²) in [6.07, 6.45) is -8.23. The van der Waals surface area contributed by atoms with Crippen molar-refractivity contribution in [1.29, 1.82) is 0 Å². The quantitative estimate of drug-likeness (QED) is 0.665. The Morgan fingerprint density at radius 2 is 2.00 bits per heavy atom. The number of aldehydes is 1. The van der Waals surface area contributed by atoms with Gasteiger partial charge in [0.25, 0.3) is 6.43 Å². The number of pyridine rings is 1. The zero-order valence-electron chi connectivity index (χ0n) is 7.96. The number of nitrogens with zero attached hydrogens (tertiary/aromatic N) is 1. The molecule has 0 aliphatic carbocycles. The Morgan fingerprint density at radius 1 is 1.41 bits per heavy atom. The van der Waals surface area contributed by atoms with Crippen LogP contribution in [0.25, 0.3) is 0 Å². The highest BCUT2D eigenvalue weighted by molar-refractivity contribution is 5.85. The Morgan fingerprint density at radius 3 is 2.41 bits per heavy atom. The third-order valence-corrected chi connectivity index (χ3v) is 1.71. The molecule has 0 aliphatic rings. The number of hydrogen-bond donors (Lipinski definition) is 1. The lowest BCUT2D eigenvalue weighted by Gasteiger charge is -2.14. The Kier molecular flexibility index (Phi) is 3.49. The average Bonchev–Trinajstić information content (AvgIpc) is 2.17. The Balaban J connectivity index is 3.35. The SMILES string of the molecule is Nc1ncc(OC(F)(F)F)c(C(F)F)c1C=O. The first-order valence-electron chi connectivity index (χ1n) is 4.03. The van der Waals surface area contributed by atoms with Crippen LogP contribution in [-0.4, -0.2) is 17.6 Å². The molecule has 0 saturated carbocycles. The summed E-state index contributed by atoms with van der Waals surface area (Å²) in [7, 11) is 0. The number of aromatic nitrogens is 1. The number of nitrogen functional groups attached to an aromatic ring is 1. The summed E-state index contributed by atoms with van der Waals surface area (Å²) in [4.78, 5) is 13.6. The molecule has 0 aromatic carbocycles. The van der Waals surface area contributed by atoms with E-state index in [1.54, 1.807) is 0 Å². The van der Waals surface area contributed by atoms with Gasteiger partial charge in [0.05, 0.1) is 17.3 Å². The molecule has 1 rings (SSSR count). The van der Waals surface area contributed by atoms with Crippen LogP contribution in [0.4, 0.5) is 27.8 Å². The van der Waals surface area contributed by atoms with Crippen molar-refractivity contribution in [2.75, 3.05) is 5.73 Å². The van der Waals surface area contributed by atoms with E-state index in [0.29, 0.717) is 6.20 Å². The third kappa shape index (κ3) is 3.02. The highest BCUT2D eigenvalue weighted by atomic mass is 19.4. The Hall–Kier alpha value is -1.93. The zero-order valence-corrected chi connectivity index (χ0v) is 7.96. The van der Waals surface area contributed by atoms with E-state index >= 15 is 0 Å². The molecular formula is C8H5F5N2O2. The van der Waals surface area contributed by atoms with Gasteiger partial charge in [-0.25, -0.2) is 13.8 Å². The number of carbonyl (C=O) groups is 1. The van der Waals surface area contributed by atoms with Gasteiger partial charge in [-0.15, -0.1) is 13.2 Å². The predicted octanol–water partition coefficient (Wildman–Crippen LogP) is 2.31. The van der Waals surface area contributed by atoms with Crippen LogP contribution in [0.1, 0.15) is 22.3 Å². The predicted molar refractivity (Wildman–Crippen MR) is 45.7 cm³/mol. The van der Waals surface area contributed by atoms with Gasteiger partial charge >= 0.3 is 6.36 Å². The van der Waals surface area contributed by atoms with Gasteiger partial charge in [0.1, 0.15) is 5.82 Å². The molecule has 0 saturated heterocycles. The second kappa shape index (κ2) is 4.52. The molecule has 0 unspecified atom stereocenters. The summed E-state index contributed by atoms with van der Waals surface area (Å²) in [5.74, 6) is -1.84. The van der Waals surface area contributed by atoms with Crippen LogP contribution in [0.2, 0.25) is 0 Å². The number of ether oxygens (including phenoxy) is 1. The molecular weight excluding hydrogens is 251 g/mol. The molecule has 0 bridgehead atoms. The topological polar surface area (TPSA) is 65.2 Å². The highest BCUT2D eigenvalue weighted by Gasteiger charge is 2.34. The first-order chi connectivity index (χ1) is 7.76. The maximum absolute atomic E-state index is 12.5. The van der Waals surface area contributed by atoms with E-state index in [4.69, 9.17) is 5.73 Å². The zero-order chi connectivity index (χ0) is 13.2. The molecule has 17 heavy (non-hydrogen) atoms. The van der Waals surface area contributed by atoms with Gasteiger partial charge < -0.3 is 10.5 Å². The summed E-state index contributed by atoms with van der Waals surface area (Å²) in [6, 6.07) is 0. The number of nitrogens with two attached hydrogens (primary N) is 1. The standard InChI is InChI=1S/C8H5F5N2O2/c9-6(10)5-3(2-16)7(14)15-1-4(5)17-8(11,12)13/h1-2,6H,(H2,14,15). The lowest BCUT2D eigenvalue weighted by atomic mass is 10.1. The minimum absolute atomic E-state index is 0.104. The molecule has 94 valence electrons. The Labute approximate surface area is 91.2 Å². The number of halogens is 5. The van der Waals surface area contributed by atoms with Crippen molar-refractivity contribution in [3.63, 3.8) is 0 Å². The van der Waals surface area contributed by atoms with E-state index in [9.17, 15) is 26.7 Å². The molecule has 0 amide bonds.